The minimum absolute atomic E-state index is 0.187. The third-order valence-corrected chi connectivity index (χ3v) is 4.40. The molecule has 1 aromatic carbocycles. The number of hydrogen-bond acceptors (Lipinski definition) is 3. The number of nitrogens with zero attached hydrogens (tertiary/aromatic N) is 2. The van der Waals surface area contributed by atoms with E-state index < -0.39 is 10.0 Å². The van der Waals surface area contributed by atoms with E-state index in [0.29, 0.717) is 18.7 Å². The van der Waals surface area contributed by atoms with Crippen molar-refractivity contribution in [1.29, 1.82) is 5.26 Å². The first-order valence-corrected chi connectivity index (χ1v) is 7.00. The average Bonchev–Trinajstić information content (AvgIpc) is 2.35. The van der Waals surface area contributed by atoms with Gasteiger partial charge in [0.15, 0.2) is 0 Å². The second kappa shape index (κ2) is 5.80. The number of sulfonamides is 1. The van der Waals surface area contributed by atoms with E-state index in [-0.39, 0.29) is 4.90 Å². The van der Waals surface area contributed by atoms with Gasteiger partial charge in [-0.2, -0.15) is 9.57 Å². The zero-order valence-electron chi connectivity index (χ0n) is 10.0. The second-order valence-corrected chi connectivity index (χ2v) is 5.57. The second-order valence-electron chi connectivity index (χ2n) is 3.64. The summed E-state index contributed by atoms with van der Waals surface area (Å²) in [5.41, 5.74) is 0.360. The van der Waals surface area contributed by atoms with Crippen LogP contribution in [0.4, 0.5) is 0 Å². The highest BCUT2D eigenvalue weighted by Crippen LogP contribution is 2.16. The van der Waals surface area contributed by atoms with Crippen LogP contribution in [0.15, 0.2) is 29.2 Å². The quantitative estimate of drug-likeness (QED) is 0.805. The van der Waals surface area contributed by atoms with Crippen LogP contribution >= 0.6 is 0 Å². The molecule has 0 bridgehead atoms. The van der Waals surface area contributed by atoms with Gasteiger partial charge in [0.05, 0.1) is 16.5 Å². The third-order valence-electron chi connectivity index (χ3n) is 2.43. The Kier molecular flexibility index (Phi) is 4.67. The molecule has 17 heavy (non-hydrogen) atoms. The van der Waals surface area contributed by atoms with Gasteiger partial charge in [0.25, 0.3) is 0 Å². The molecular formula is C12H16N2O2S. The largest absolute Gasteiger partial charge is 0.243 e. The maximum atomic E-state index is 12.2. The molecule has 0 saturated heterocycles. The summed E-state index contributed by atoms with van der Waals surface area (Å²) in [5.74, 6) is 0. The predicted molar refractivity (Wildman–Crippen MR) is 65.9 cm³/mol. The van der Waals surface area contributed by atoms with Crippen LogP contribution in [0.5, 0.6) is 0 Å². The molecule has 0 heterocycles. The van der Waals surface area contributed by atoms with Gasteiger partial charge in [0.1, 0.15) is 0 Å². The first kappa shape index (κ1) is 13.7. The van der Waals surface area contributed by atoms with Gasteiger partial charge in [0.2, 0.25) is 10.0 Å². The molecule has 4 nitrogen and oxygen atoms in total. The molecule has 0 aliphatic carbocycles. The minimum Gasteiger partial charge on any atom is -0.207 e. The molecule has 5 heteroatoms. The Hall–Kier alpha value is -1.38. The summed E-state index contributed by atoms with van der Waals surface area (Å²) in [6, 6.07) is 8.06. The van der Waals surface area contributed by atoms with Crippen molar-refractivity contribution in [1.82, 2.24) is 4.31 Å². The maximum absolute atomic E-state index is 12.2. The average molecular weight is 252 g/mol. The minimum atomic E-state index is -3.46. The molecular weight excluding hydrogens is 236 g/mol. The zero-order chi connectivity index (χ0) is 12.9. The van der Waals surface area contributed by atoms with Gasteiger partial charge < -0.3 is 0 Å². The maximum Gasteiger partial charge on any atom is 0.243 e. The SMILES string of the molecule is CCCN(CC)S(=O)(=O)c1cccc(C#N)c1. The molecule has 0 unspecified atom stereocenters. The molecule has 0 N–H and O–H groups in total. The van der Waals surface area contributed by atoms with Crippen LogP contribution in [0, 0.1) is 11.3 Å². The highest BCUT2D eigenvalue weighted by molar-refractivity contribution is 7.89. The Bertz CT molecular complexity index is 518. The molecule has 0 aromatic heterocycles. The molecule has 1 aromatic rings. The summed E-state index contributed by atoms with van der Waals surface area (Å²) < 4.78 is 25.9. The van der Waals surface area contributed by atoms with Gasteiger partial charge in [-0.15, -0.1) is 0 Å². The van der Waals surface area contributed by atoms with Crippen molar-refractivity contribution in [3.63, 3.8) is 0 Å². The molecule has 92 valence electrons. The molecule has 0 aliphatic rings. The topological polar surface area (TPSA) is 61.2 Å². The van der Waals surface area contributed by atoms with Crippen LogP contribution in [0.1, 0.15) is 25.8 Å². The van der Waals surface area contributed by atoms with E-state index in [1.54, 1.807) is 19.1 Å². The van der Waals surface area contributed by atoms with Crippen molar-refractivity contribution < 1.29 is 8.42 Å². The summed E-state index contributed by atoms with van der Waals surface area (Å²) in [7, 11) is -3.46. The molecule has 0 saturated carbocycles. The Morgan fingerprint density at radius 3 is 2.59 bits per heavy atom. The summed E-state index contributed by atoms with van der Waals surface area (Å²) in [5, 5.41) is 8.77. The van der Waals surface area contributed by atoms with Gasteiger partial charge in [0, 0.05) is 13.1 Å². The van der Waals surface area contributed by atoms with Gasteiger partial charge in [-0.1, -0.05) is 19.9 Å². The molecule has 0 atom stereocenters. The lowest BCUT2D eigenvalue weighted by Gasteiger charge is -2.19. The highest BCUT2D eigenvalue weighted by atomic mass is 32.2. The lowest BCUT2D eigenvalue weighted by atomic mass is 10.2. The van der Waals surface area contributed by atoms with E-state index in [2.05, 4.69) is 0 Å². The number of rotatable bonds is 5. The number of nitriles is 1. The van der Waals surface area contributed by atoms with Gasteiger partial charge in [-0.3, -0.25) is 0 Å². The van der Waals surface area contributed by atoms with E-state index in [9.17, 15) is 8.42 Å². The Labute approximate surface area is 103 Å². The van der Waals surface area contributed by atoms with E-state index in [1.807, 2.05) is 13.0 Å². The number of hydrogen-bond donors (Lipinski definition) is 0. The van der Waals surface area contributed by atoms with Crippen molar-refractivity contribution in [3.05, 3.63) is 29.8 Å². The number of benzene rings is 1. The van der Waals surface area contributed by atoms with Gasteiger partial charge in [-0.05, 0) is 24.6 Å². The monoisotopic (exact) mass is 252 g/mol. The Morgan fingerprint density at radius 2 is 2.06 bits per heavy atom. The lowest BCUT2D eigenvalue weighted by Crippen LogP contribution is -2.31. The third kappa shape index (κ3) is 3.05. The van der Waals surface area contributed by atoms with Crippen LogP contribution in [-0.2, 0) is 10.0 Å². The van der Waals surface area contributed by atoms with Crippen molar-refractivity contribution in [2.45, 2.75) is 25.2 Å². The van der Waals surface area contributed by atoms with Crippen LogP contribution in [0.2, 0.25) is 0 Å². The summed E-state index contributed by atoms with van der Waals surface area (Å²) >= 11 is 0. The fraction of sp³-hybridized carbons (Fsp3) is 0.417. The zero-order valence-corrected chi connectivity index (χ0v) is 10.9. The molecule has 0 radical (unpaired) electrons. The fourth-order valence-electron chi connectivity index (χ4n) is 1.57. The summed E-state index contributed by atoms with van der Waals surface area (Å²) in [6.45, 7) is 4.67. The fourth-order valence-corrected chi connectivity index (χ4v) is 3.16. The molecule has 0 spiro atoms. The molecule has 1 rings (SSSR count). The van der Waals surface area contributed by atoms with Crippen molar-refractivity contribution >= 4 is 10.0 Å². The summed E-state index contributed by atoms with van der Waals surface area (Å²) in [6.07, 6.45) is 0.769. The lowest BCUT2D eigenvalue weighted by molar-refractivity contribution is 0.427. The van der Waals surface area contributed by atoms with Gasteiger partial charge in [-0.25, -0.2) is 8.42 Å². The van der Waals surface area contributed by atoms with Crippen LogP contribution in [0.3, 0.4) is 0 Å². The molecule has 0 fully saturated rings. The standard InChI is InChI=1S/C12H16N2O2S/c1-3-8-14(4-2)17(15,16)12-7-5-6-11(9-12)10-13/h5-7,9H,3-4,8H2,1-2H3. The molecule has 0 aliphatic heterocycles. The van der Waals surface area contributed by atoms with Crippen molar-refractivity contribution in [3.8, 4) is 6.07 Å². The van der Waals surface area contributed by atoms with Crippen molar-refractivity contribution in [2.24, 2.45) is 0 Å². The Morgan fingerprint density at radius 1 is 1.35 bits per heavy atom. The van der Waals surface area contributed by atoms with E-state index in [4.69, 9.17) is 5.26 Å². The van der Waals surface area contributed by atoms with Crippen LogP contribution < -0.4 is 0 Å². The predicted octanol–water partition coefficient (Wildman–Crippen LogP) is 1.98. The van der Waals surface area contributed by atoms with E-state index >= 15 is 0 Å². The van der Waals surface area contributed by atoms with E-state index in [1.165, 1.54) is 16.4 Å². The first-order chi connectivity index (χ1) is 8.06. The van der Waals surface area contributed by atoms with Crippen LogP contribution in [-0.4, -0.2) is 25.8 Å². The Balaban J connectivity index is 3.16. The summed E-state index contributed by atoms with van der Waals surface area (Å²) in [4.78, 5) is 0.187. The smallest absolute Gasteiger partial charge is 0.207 e. The van der Waals surface area contributed by atoms with Gasteiger partial charge >= 0.3 is 0 Å². The van der Waals surface area contributed by atoms with Crippen molar-refractivity contribution in [2.75, 3.05) is 13.1 Å². The van der Waals surface area contributed by atoms with Crippen LogP contribution in [0.25, 0.3) is 0 Å². The van der Waals surface area contributed by atoms with E-state index in [0.717, 1.165) is 6.42 Å². The molecule has 0 amide bonds. The highest BCUT2D eigenvalue weighted by Gasteiger charge is 2.22. The first-order valence-electron chi connectivity index (χ1n) is 5.56. The normalized spacial score (nSPS) is 11.4.